The van der Waals surface area contributed by atoms with Crippen molar-refractivity contribution >= 4 is 30.4 Å². The molecule has 29 heavy (non-hydrogen) atoms. The summed E-state index contributed by atoms with van der Waals surface area (Å²) in [5.41, 5.74) is 3.26. The van der Waals surface area contributed by atoms with Crippen molar-refractivity contribution in [2.45, 2.75) is 66.2 Å². The normalized spacial score (nSPS) is 16.0. The molecule has 2 aliphatic carbocycles. The molecule has 0 radical (unpaired) electrons. The zero-order valence-corrected chi connectivity index (χ0v) is 21.4. The molecular formula is C26H32S2Ti. The van der Waals surface area contributed by atoms with E-state index in [2.05, 4.69) is 74.9 Å². The van der Waals surface area contributed by atoms with E-state index in [1.165, 1.54) is 0 Å². The average Bonchev–Trinajstić information content (AvgIpc) is 3.56. The van der Waals surface area contributed by atoms with Gasteiger partial charge in [0.05, 0.1) is 0 Å². The van der Waals surface area contributed by atoms with Gasteiger partial charge in [0.15, 0.2) is 0 Å². The van der Waals surface area contributed by atoms with Gasteiger partial charge < -0.3 is 0 Å². The fourth-order valence-electron chi connectivity index (χ4n) is 5.24. The minimum absolute atomic E-state index is 1.14. The van der Waals surface area contributed by atoms with Gasteiger partial charge in [-0.1, -0.05) is 0 Å². The number of thiophene rings is 2. The van der Waals surface area contributed by atoms with Gasteiger partial charge in [-0.2, -0.15) is 0 Å². The monoisotopic (exact) mass is 456 g/mol. The van der Waals surface area contributed by atoms with Gasteiger partial charge in [-0.25, -0.2) is 0 Å². The third kappa shape index (κ3) is 3.37. The third-order valence-corrected chi connectivity index (χ3v) is 17.9. The molecule has 0 amide bonds. The number of hydrogen-bond donors (Lipinski definition) is 0. The molecule has 0 saturated carbocycles. The van der Waals surface area contributed by atoms with Gasteiger partial charge >= 0.3 is 189 Å². The molecule has 4 rings (SSSR count). The molecule has 0 aliphatic heterocycles. The summed E-state index contributed by atoms with van der Waals surface area (Å²) in [5.74, 6) is 0. The van der Waals surface area contributed by atoms with Gasteiger partial charge in [0.1, 0.15) is 0 Å². The molecule has 2 heterocycles. The summed E-state index contributed by atoms with van der Waals surface area (Å²) in [6.45, 7) is 9.43. The molecule has 2 aromatic heterocycles. The summed E-state index contributed by atoms with van der Waals surface area (Å²) in [6.07, 6.45) is 21.3. The molecule has 0 N–H and O–H groups in total. The van der Waals surface area contributed by atoms with Crippen molar-refractivity contribution in [2.24, 2.45) is 0 Å². The van der Waals surface area contributed by atoms with Crippen LogP contribution in [-0.4, -0.2) is 0 Å². The maximum absolute atomic E-state index is 2.96. The first-order chi connectivity index (χ1) is 14.2. The summed E-state index contributed by atoms with van der Waals surface area (Å²) in [6, 6.07) is 0. The van der Waals surface area contributed by atoms with Crippen molar-refractivity contribution in [3.8, 4) is 0 Å². The molecular weight excluding hydrogens is 424 g/mol. The van der Waals surface area contributed by atoms with Crippen molar-refractivity contribution in [3.63, 3.8) is 0 Å². The molecule has 0 nitrogen and oxygen atoms in total. The van der Waals surface area contributed by atoms with E-state index in [0.29, 0.717) is 0 Å². The van der Waals surface area contributed by atoms with E-state index >= 15 is 0 Å². The van der Waals surface area contributed by atoms with Gasteiger partial charge in [-0.05, 0) is 0 Å². The molecule has 0 aromatic carbocycles. The standard InChI is InChI=1S/2C8H11S.2C5H5.Ti/c2*1-3-7-5-8(4-2)9-6-7;2*1-2-4-5-3-1;/h2*6H,3-4H2,1-2H3;2*1-3H,4H2;. The Morgan fingerprint density at radius 2 is 1.14 bits per heavy atom. The number of hydrogen-bond acceptors (Lipinski definition) is 2. The van der Waals surface area contributed by atoms with Crippen molar-refractivity contribution in [3.05, 3.63) is 75.9 Å². The van der Waals surface area contributed by atoms with Crippen LogP contribution in [0.25, 0.3) is 0 Å². The topological polar surface area (TPSA) is 0 Å². The predicted octanol–water partition coefficient (Wildman–Crippen LogP) is 6.85. The van der Waals surface area contributed by atoms with Gasteiger partial charge in [-0.15, -0.1) is 0 Å². The molecule has 3 heteroatoms. The first-order valence-corrected chi connectivity index (χ1v) is 16.0. The summed E-state index contributed by atoms with van der Waals surface area (Å²) >= 11 is 1.09. The number of allylic oxidation sites excluding steroid dienone is 8. The fraction of sp³-hybridized carbons (Fsp3) is 0.385. The van der Waals surface area contributed by atoms with Crippen LogP contribution in [0, 0.1) is 0 Å². The Kier molecular flexibility index (Phi) is 6.66. The summed E-state index contributed by atoms with van der Waals surface area (Å²) in [4.78, 5) is 3.30. The Morgan fingerprint density at radius 3 is 1.45 bits per heavy atom. The Morgan fingerprint density at radius 1 is 0.690 bits per heavy atom. The predicted molar refractivity (Wildman–Crippen MR) is 129 cm³/mol. The van der Waals surface area contributed by atoms with E-state index in [-0.39, 0.29) is 0 Å². The second-order valence-electron chi connectivity index (χ2n) is 7.93. The second kappa shape index (κ2) is 9.06. The molecule has 0 saturated heterocycles. The van der Waals surface area contributed by atoms with Crippen LogP contribution >= 0.6 is 22.7 Å². The molecule has 0 atom stereocenters. The molecule has 152 valence electrons. The van der Waals surface area contributed by atoms with E-state index in [1.807, 2.05) is 22.7 Å². The Hall–Kier alpha value is -0.926. The van der Waals surface area contributed by atoms with Crippen molar-refractivity contribution < 1.29 is 16.6 Å². The van der Waals surface area contributed by atoms with E-state index in [4.69, 9.17) is 0 Å². The average molecular weight is 457 g/mol. The number of aryl methyl sites for hydroxylation is 4. The second-order valence-corrected chi connectivity index (χ2v) is 15.8. The molecule has 2 aromatic rings. The van der Waals surface area contributed by atoms with E-state index in [9.17, 15) is 0 Å². The van der Waals surface area contributed by atoms with Crippen LogP contribution in [0.15, 0.2) is 55.0 Å². The van der Waals surface area contributed by atoms with Crippen LogP contribution in [0.5, 0.6) is 0 Å². The molecule has 0 unspecified atom stereocenters. The van der Waals surface area contributed by atoms with Crippen molar-refractivity contribution in [1.29, 1.82) is 0 Å². The Bertz CT molecular complexity index is 884. The van der Waals surface area contributed by atoms with E-state index in [1.54, 1.807) is 36.4 Å². The van der Waals surface area contributed by atoms with Crippen molar-refractivity contribution in [1.82, 2.24) is 0 Å². The molecule has 2 aliphatic rings. The van der Waals surface area contributed by atoms with Crippen LogP contribution < -0.4 is 7.74 Å². The van der Waals surface area contributed by atoms with Crippen LogP contribution in [0.1, 0.15) is 61.4 Å². The zero-order chi connectivity index (χ0) is 20.4. The maximum atomic E-state index is 2.51. The van der Waals surface area contributed by atoms with Gasteiger partial charge in [0.25, 0.3) is 0 Å². The summed E-state index contributed by atoms with van der Waals surface area (Å²) in [7, 11) is 0. The van der Waals surface area contributed by atoms with Gasteiger partial charge in [-0.3, -0.25) is 0 Å². The number of rotatable bonds is 8. The summed E-state index contributed by atoms with van der Waals surface area (Å²) < 4.78 is 7.11. The quantitative estimate of drug-likeness (QED) is 0.381. The third-order valence-electron chi connectivity index (χ3n) is 6.55. The van der Waals surface area contributed by atoms with Crippen LogP contribution in [-0.2, 0) is 42.3 Å². The molecule has 0 fully saturated rings. The van der Waals surface area contributed by atoms with Crippen LogP contribution in [0.4, 0.5) is 0 Å². The van der Waals surface area contributed by atoms with Crippen LogP contribution in [0.3, 0.4) is 0 Å². The Labute approximate surface area is 188 Å². The first-order valence-electron chi connectivity index (χ1n) is 11.1. The fourth-order valence-corrected chi connectivity index (χ4v) is 18.9. The van der Waals surface area contributed by atoms with E-state index < -0.39 is 16.6 Å². The van der Waals surface area contributed by atoms with Gasteiger partial charge in [0.2, 0.25) is 0 Å². The van der Waals surface area contributed by atoms with Gasteiger partial charge in [0, 0.05) is 0 Å². The molecule has 0 bridgehead atoms. The zero-order valence-electron chi connectivity index (χ0n) is 18.2. The first kappa shape index (κ1) is 21.3. The molecule has 0 spiro atoms. The SMILES string of the molecule is CCc1csc(CC)[c]1[Ti]([C]1=CC=CC1)([C]1=CC=CC1)[c]1c(CC)csc1CC. The van der Waals surface area contributed by atoms with E-state index in [0.717, 1.165) is 38.5 Å². The Balaban J connectivity index is 2.15. The van der Waals surface area contributed by atoms with Crippen molar-refractivity contribution in [2.75, 3.05) is 0 Å². The van der Waals surface area contributed by atoms with Crippen LogP contribution in [0.2, 0.25) is 0 Å². The minimum atomic E-state index is -2.96. The summed E-state index contributed by atoms with van der Waals surface area (Å²) in [5, 5.41) is 4.98.